The Kier molecular flexibility index (Phi) is 4.10. The summed E-state index contributed by atoms with van der Waals surface area (Å²) in [4.78, 5) is 0. The second-order valence-corrected chi connectivity index (χ2v) is 4.83. The van der Waals surface area contributed by atoms with Crippen molar-refractivity contribution in [2.45, 2.75) is 13.5 Å². The zero-order valence-electron chi connectivity index (χ0n) is 9.81. The summed E-state index contributed by atoms with van der Waals surface area (Å²) in [6.45, 7) is 2.19. The molecule has 0 unspecified atom stereocenters. The van der Waals surface area contributed by atoms with Crippen molar-refractivity contribution in [3.63, 3.8) is 0 Å². The Balaban J connectivity index is 2.14. The van der Waals surface area contributed by atoms with Crippen LogP contribution in [0.25, 0.3) is 0 Å². The van der Waals surface area contributed by atoms with E-state index in [9.17, 15) is 4.39 Å². The van der Waals surface area contributed by atoms with Gasteiger partial charge < -0.3 is 5.32 Å². The minimum absolute atomic E-state index is 0.231. The van der Waals surface area contributed by atoms with E-state index in [1.54, 1.807) is 31.2 Å². The summed E-state index contributed by atoms with van der Waals surface area (Å²) in [6.07, 6.45) is 0. The van der Waals surface area contributed by atoms with E-state index < -0.39 is 0 Å². The quantitative estimate of drug-likeness (QED) is 0.831. The van der Waals surface area contributed by atoms with Gasteiger partial charge in [0.05, 0.1) is 0 Å². The second-order valence-electron chi connectivity index (χ2n) is 4.02. The lowest BCUT2D eigenvalue weighted by Gasteiger charge is -2.10. The van der Waals surface area contributed by atoms with Gasteiger partial charge in [-0.1, -0.05) is 35.3 Å². The molecule has 18 heavy (non-hydrogen) atoms. The zero-order chi connectivity index (χ0) is 13.1. The van der Waals surface area contributed by atoms with Gasteiger partial charge in [0.1, 0.15) is 5.82 Å². The molecule has 0 saturated heterocycles. The van der Waals surface area contributed by atoms with Gasteiger partial charge in [-0.25, -0.2) is 4.39 Å². The van der Waals surface area contributed by atoms with E-state index in [4.69, 9.17) is 23.2 Å². The van der Waals surface area contributed by atoms with E-state index in [-0.39, 0.29) is 5.82 Å². The molecule has 2 rings (SSSR count). The second kappa shape index (κ2) is 5.59. The maximum atomic E-state index is 13.4. The Morgan fingerprint density at radius 1 is 1.11 bits per heavy atom. The number of hydrogen-bond acceptors (Lipinski definition) is 1. The fourth-order valence-corrected chi connectivity index (χ4v) is 2.13. The average Bonchev–Trinajstić information content (AvgIpc) is 2.33. The van der Waals surface area contributed by atoms with Crippen LogP contribution >= 0.6 is 23.2 Å². The summed E-state index contributed by atoms with van der Waals surface area (Å²) in [7, 11) is 0. The summed E-state index contributed by atoms with van der Waals surface area (Å²) in [5, 5.41) is 4.30. The smallest absolute Gasteiger partial charge is 0.128 e. The fourth-order valence-electron chi connectivity index (χ4n) is 1.59. The molecule has 0 aliphatic heterocycles. The van der Waals surface area contributed by atoms with Crippen LogP contribution in [0.3, 0.4) is 0 Å². The fraction of sp³-hybridized carbons (Fsp3) is 0.143. The third-order valence-corrected chi connectivity index (χ3v) is 3.41. The van der Waals surface area contributed by atoms with Crippen LogP contribution < -0.4 is 5.32 Å². The number of rotatable bonds is 3. The van der Waals surface area contributed by atoms with Gasteiger partial charge in [0.2, 0.25) is 0 Å². The summed E-state index contributed by atoms with van der Waals surface area (Å²) in [6, 6.07) is 10.4. The van der Waals surface area contributed by atoms with E-state index in [1.807, 2.05) is 6.07 Å². The number of hydrogen-bond donors (Lipinski definition) is 1. The van der Waals surface area contributed by atoms with Crippen molar-refractivity contribution in [3.05, 3.63) is 63.4 Å². The molecule has 2 aromatic rings. The molecule has 0 bridgehead atoms. The first kappa shape index (κ1) is 13.2. The number of anilines is 1. The highest BCUT2D eigenvalue weighted by Gasteiger charge is 2.05. The molecule has 4 heteroatoms. The van der Waals surface area contributed by atoms with Crippen molar-refractivity contribution in [3.8, 4) is 0 Å². The predicted molar refractivity (Wildman–Crippen MR) is 74.9 cm³/mol. The summed E-state index contributed by atoms with van der Waals surface area (Å²) in [5.41, 5.74) is 2.13. The monoisotopic (exact) mass is 283 g/mol. The zero-order valence-corrected chi connectivity index (χ0v) is 11.3. The Morgan fingerprint density at radius 2 is 1.78 bits per heavy atom. The largest absolute Gasteiger partial charge is 0.381 e. The van der Waals surface area contributed by atoms with Crippen molar-refractivity contribution < 1.29 is 4.39 Å². The van der Waals surface area contributed by atoms with Crippen molar-refractivity contribution in [1.82, 2.24) is 0 Å². The van der Waals surface area contributed by atoms with Crippen molar-refractivity contribution >= 4 is 28.9 Å². The first-order valence-electron chi connectivity index (χ1n) is 5.51. The molecular weight excluding hydrogens is 272 g/mol. The van der Waals surface area contributed by atoms with E-state index in [2.05, 4.69) is 5.32 Å². The number of aryl methyl sites for hydroxylation is 1. The molecule has 0 amide bonds. The van der Waals surface area contributed by atoms with E-state index in [1.165, 1.54) is 6.07 Å². The minimum atomic E-state index is -0.231. The molecule has 0 fully saturated rings. The van der Waals surface area contributed by atoms with Gasteiger partial charge in [0.15, 0.2) is 0 Å². The molecule has 0 atom stereocenters. The normalized spacial score (nSPS) is 10.4. The van der Waals surface area contributed by atoms with Gasteiger partial charge in [-0.05, 0) is 36.8 Å². The molecule has 0 heterocycles. The van der Waals surface area contributed by atoms with Crippen molar-refractivity contribution in [2.75, 3.05) is 5.32 Å². The van der Waals surface area contributed by atoms with E-state index in [0.29, 0.717) is 27.8 Å². The Hall–Kier alpha value is -1.25. The minimum Gasteiger partial charge on any atom is -0.381 e. The maximum absolute atomic E-state index is 13.4. The van der Waals surface area contributed by atoms with Crippen LogP contribution in [0.15, 0.2) is 36.4 Å². The molecular formula is C14H12Cl2FN. The van der Waals surface area contributed by atoms with Crippen LogP contribution in [-0.2, 0) is 6.54 Å². The molecule has 0 aromatic heterocycles. The Morgan fingerprint density at radius 3 is 2.39 bits per heavy atom. The Bertz CT molecular complexity index is 549. The van der Waals surface area contributed by atoms with Crippen LogP contribution in [-0.4, -0.2) is 0 Å². The maximum Gasteiger partial charge on any atom is 0.128 e. The van der Waals surface area contributed by atoms with Gasteiger partial charge in [0.25, 0.3) is 0 Å². The SMILES string of the molecule is Cc1ccc(NCc2c(Cl)cccc2Cl)cc1F. The predicted octanol–water partition coefficient (Wildman–Crippen LogP) is 5.05. The van der Waals surface area contributed by atoms with Gasteiger partial charge in [-0.15, -0.1) is 0 Å². The first-order chi connectivity index (χ1) is 8.58. The van der Waals surface area contributed by atoms with Crippen LogP contribution in [0.2, 0.25) is 10.0 Å². The lowest BCUT2D eigenvalue weighted by molar-refractivity contribution is 0.619. The molecule has 94 valence electrons. The topological polar surface area (TPSA) is 12.0 Å². The standard InChI is InChI=1S/C14H12Cl2FN/c1-9-5-6-10(7-14(9)17)18-8-11-12(15)3-2-4-13(11)16/h2-7,18H,8H2,1H3. The summed E-state index contributed by atoms with van der Waals surface area (Å²) < 4.78 is 13.4. The van der Waals surface area contributed by atoms with E-state index in [0.717, 1.165) is 5.56 Å². The van der Waals surface area contributed by atoms with Crippen molar-refractivity contribution in [1.29, 1.82) is 0 Å². The van der Waals surface area contributed by atoms with E-state index >= 15 is 0 Å². The molecule has 0 aliphatic rings. The van der Waals surface area contributed by atoms with Crippen LogP contribution in [0.4, 0.5) is 10.1 Å². The third kappa shape index (κ3) is 2.95. The van der Waals surface area contributed by atoms with Crippen LogP contribution in [0, 0.1) is 12.7 Å². The molecule has 1 nitrogen and oxygen atoms in total. The average molecular weight is 284 g/mol. The summed E-state index contributed by atoms with van der Waals surface area (Å²) in [5.74, 6) is -0.231. The molecule has 1 N–H and O–H groups in total. The highest BCUT2D eigenvalue weighted by Crippen LogP contribution is 2.25. The van der Waals surface area contributed by atoms with Gasteiger partial charge in [0, 0.05) is 27.8 Å². The van der Waals surface area contributed by atoms with Gasteiger partial charge in [-0.3, -0.25) is 0 Å². The molecule has 0 spiro atoms. The number of nitrogens with one attached hydrogen (secondary N) is 1. The highest BCUT2D eigenvalue weighted by atomic mass is 35.5. The molecule has 2 aromatic carbocycles. The lowest BCUT2D eigenvalue weighted by atomic mass is 10.2. The Labute approximate surface area is 116 Å². The summed E-state index contributed by atoms with van der Waals surface area (Å²) >= 11 is 12.1. The molecule has 0 saturated carbocycles. The number of benzene rings is 2. The molecule has 0 aliphatic carbocycles. The number of halogens is 3. The van der Waals surface area contributed by atoms with Crippen molar-refractivity contribution in [2.24, 2.45) is 0 Å². The molecule has 0 radical (unpaired) electrons. The highest BCUT2D eigenvalue weighted by molar-refractivity contribution is 6.36. The van der Waals surface area contributed by atoms with Gasteiger partial charge >= 0.3 is 0 Å². The van der Waals surface area contributed by atoms with Crippen LogP contribution in [0.1, 0.15) is 11.1 Å². The van der Waals surface area contributed by atoms with Crippen LogP contribution in [0.5, 0.6) is 0 Å². The lowest BCUT2D eigenvalue weighted by Crippen LogP contribution is -2.01. The third-order valence-electron chi connectivity index (χ3n) is 2.70. The first-order valence-corrected chi connectivity index (χ1v) is 6.26. The van der Waals surface area contributed by atoms with Gasteiger partial charge in [-0.2, -0.15) is 0 Å².